The number of carbonyl (C=O) groups excluding carboxylic acids is 3. The van der Waals surface area contributed by atoms with Crippen molar-refractivity contribution >= 4 is 17.6 Å². The molecule has 30 heavy (non-hydrogen) atoms. The second-order valence-electron chi connectivity index (χ2n) is 6.36. The van der Waals surface area contributed by atoms with Crippen LogP contribution in [0.4, 0.5) is 4.39 Å². The zero-order valence-corrected chi connectivity index (χ0v) is 15.9. The van der Waals surface area contributed by atoms with E-state index in [1.807, 2.05) is 0 Å². The van der Waals surface area contributed by atoms with E-state index in [4.69, 9.17) is 15.0 Å². The molecule has 0 aliphatic carbocycles. The lowest BCUT2D eigenvalue weighted by atomic mass is 10.0. The molecule has 1 aromatic heterocycles. The first kappa shape index (κ1) is 20.7. The normalized spacial score (nSPS) is 11.5. The third-order valence-corrected chi connectivity index (χ3v) is 4.38. The zero-order chi connectivity index (χ0) is 21.7. The third kappa shape index (κ3) is 4.52. The van der Waals surface area contributed by atoms with Crippen LogP contribution in [0.2, 0.25) is 0 Å². The molecule has 1 unspecified atom stereocenters. The van der Waals surface area contributed by atoms with Crippen LogP contribution in [0, 0.1) is 5.82 Å². The van der Waals surface area contributed by atoms with Gasteiger partial charge in [-0.3, -0.25) is 14.4 Å². The number of hydrogen-bond acceptors (Lipinski definition) is 6. The third-order valence-electron chi connectivity index (χ3n) is 4.38. The second kappa shape index (κ2) is 8.99. The van der Waals surface area contributed by atoms with Crippen LogP contribution in [-0.2, 0) is 16.0 Å². The molecule has 9 heteroatoms. The summed E-state index contributed by atoms with van der Waals surface area (Å²) in [5.74, 6) is -3.37. The first-order valence-electron chi connectivity index (χ1n) is 8.87. The van der Waals surface area contributed by atoms with Crippen LogP contribution >= 0.6 is 0 Å². The van der Waals surface area contributed by atoms with Crippen LogP contribution in [0.25, 0.3) is 11.3 Å². The van der Waals surface area contributed by atoms with Gasteiger partial charge in [0, 0.05) is 6.42 Å². The molecule has 0 aliphatic heterocycles. The fraction of sp³-hybridized carbons (Fsp3) is 0.143. The number of nitrogens with zero attached hydrogens (tertiary/aromatic N) is 1. The van der Waals surface area contributed by atoms with E-state index in [9.17, 15) is 18.8 Å². The number of methoxy groups -OCH3 is 1. The summed E-state index contributed by atoms with van der Waals surface area (Å²) in [7, 11) is 1.41. The number of ether oxygens (including phenoxy) is 1. The van der Waals surface area contributed by atoms with Crippen molar-refractivity contribution in [2.45, 2.75) is 12.5 Å². The second-order valence-corrected chi connectivity index (χ2v) is 6.36. The minimum atomic E-state index is -1.21. The van der Waals surface area contributed by atoms with Crippen molar-refractivity contribution in [1.29, 1.82) is 0 Å². The van der Waals surface area contributed by atoms with Crippen LogP contribution in [0.3, 0.4) is 0 Å². The summed E-state index contributed by atoms with van der Waals surface area (Å²) in [6.45, 7) is 0. The average molecular weight is 411 g/mol. The summed E-state index contributed by atoms with van der Waals surface area (Å²) in [6, 6.07) is 11.5. The Morgan fingerprint density at radius 3 is 2.60 bits per heavy atom. The summed E-state index contributed by atoms with van der Waals surface area (Å²) in [6.07, 6.45) is 1.14. The van der Waals surface area contributed by atoms with Crippen molar-refractivity contribution in [3.8, 4) is 17.1 Å². The maximum Gasteiger partial charge on any atom is 0.287 e. The molecule has 0 saturated carbocycles. The molecule has 8 nitrogen and oxygen atoms in total. The van der Waals surface area contributed by atoms with E-state index in [2.05, 4.69) is 10.5 Å². The van der Waals surface area contributed by atoms with Crippen LogP contribution < -0.4 is 15.8 Å². The first-order valence-corrected chi connectivity index (χ1v) is 8.87. The minimum Gasteiger partial charge on any atom is -0.497 e. The summed E-state index contributed by atoms with van der Waals surface area (Å²) < 4.78 is 24.5. The van der Waals surface area contributed by atoms with E-state index in [0.29, 0.717) is 11.3 Å². The Morgan fingerprint density at radius 1 is 1.20 bits per heavy atom. The van der Waals surface area contributed by atoms with Gasteiger partial charge in [-0.25, -0.2) is 4.39 Å². The lowest BCUT2D eigenvalue weighted by molar-refractivity contribution is -0.137. The van der Waals surface area contributed by atoms with Gasteiger partial charge in [0.2, 0.25) is 5.78 Å². The fourth-order valence-electron chi connectivity index (χ4n) is 2.87. The van der Waals surface area contributed by atoms with Gasteiger partial charge in [-0.2, -0.15) is 0 Å². The molecule has 0 radical (unpaired) electrons. The quantitative estimate of drug-likeness (QED) is 0.546. The molecular weight excluding hydrogens is 393 g/mol. The highest BCUT2D eigenvalue weighted by molar-refractivity contribution is 6.38. The van der Waals surface area contributed by atoms with E-state index < -0.39 is 29.5 Å². The van der Waals surface area contributed by atoms with Crippen molar-refractivity contribution < 1.29 is 28.0 Å². The molecule has 3 aromatic rings. The molecule has 3 N–H and O–H groups in total. The Balaban J connectivity index is 1.90. The maximum absolute atomic E-state index is 14.3. The Hall–Kier alpha value is -4.01. The average Bonchev–Trinajstić information content (AvgIpc) is 3.23. The number of ketones is 1. The van der Waals surface area contributed by atoms with Crippen LogP contribution in [0.15, 0.2) is 59.3 Å². The number of aromatic nitrogens is 1. The number of Topliss-reactive ketones (excluding diaryl/α,β-unsaturated/α-hetero) is 1. The summed E-state index contributed by atoms with van der Waals surface area (Å²) in [4.78, 5) is 36.5. The first-order chi connectivity index (χ1) is 14.4. The predicted octanol–water partition coefficient (Wildman–Crippen LogP) is 1.88. The van der Waals surface area contributed by atoms with E-state index in [1.165, 1.54) is 19.2 Å². The van der Waals surface area contributed by atoms with Crippen molar-refractivity contribution in [3.63, 3.8) is 0 Å². The molecular formula is C21H18FN3O5. The largest absolute Gasteiger partial charge is 0.497 e. The Labute approximate surface area is 170 Å². The number of nitrogens with one attached hydrogen (secondary N) is 1. The number of halogens is 1. The molecule has 2 aromatic carbocycles. The van der Waals surface area contributed by atoms with Crippen LogP contribution in [-0.4, -0.2) is 35.9 Å². The number of benzene rings is 2. The molecule has 0 bridgehead atoms. The predicted molar refractivity (Wildman–Crippen MR) is 104 cm³/mol. The number of amides is 2. The summed E-state index contributed by atoms with van der Waals surface area (Å²) >= 11 is 0. The van der Waals surface area contributed by atoms with Gasteiger partial charge in [0.25, 0.3) is 11.8 Å². The smallest absolute Gasteiger partial charge is 0.287 e. The van der Waals surface area contributed by atoms with Gasteiger partial charge in [0.1, 0.15) is 23.2 Å². The molecule has 154 valence electrons. The van der Waals surface area contributed by atoms with E-state index in [0.717, 1.165) is 12.3 Å². The van der Waals surface area contributed by atoms with E-state index in [-0.39, 0.29) is 23.3 Å². The topological polar surface area (TPSA) is 125 Å². The molecule has 0 fully saturated rings. The Kier molecular flexibility index (Phi) is 6.21. The summed E-state index contributed by atoms with van der Waals surface area (Å²) in [5, 5.41) is 6.03. The number of primary amides is 1. The Bertz CT molecular complexity index is 1080. The molecule has 3 rings (SSSR count). The number of carbonyl (C=O) groups is 3. The van der Waals surface area contributed by atoms with Gasteiger partial charge >= 0.3 is 0 Å². The van der Waals surface area contributed by atoms with Gasteiger partial charge in [-0.15, -0.1) is 0 Å². The molecule has 0 spiro atoms. The van der Waals surface area contributed by atoms with Crippen molar-refractivity contribution in [1.82, 2.24) is 10.5 Å². The van der Waals surface area contributed by atoms with Crippen molar-refractivity contribution in [2.24, 2.45) is 5.73 Å². The van der Waals surface area contributed by atoms with Gasteiger partial charge in [-0.05, 0) is 23.8 Å². The standard InChI is InChI=1S/C21H18FN3O5/c1-29-13-7-8-16(22)14(10-13)19-15(11-24-30-19)21(28)25-17(18(26)20(23)27)9-12-5-3-2-4-6-12/h2-8,10-11,17H,9H2,1H3,(H2,23,27)(H,25,28). The van der Waals surface area contributed by atoms with Crippen molar-refractivity contribution in [3.05, 3.63) is 71.7 Å². The van der Waals surface area contributed by atoms with Crippen LogP contribution in [0.5, 0.6) is 5.75 Å². The number of rotatable bonds is 8. The fourth-order valence-corrected chi connectivity index (χ4v) is 2.87. The SMILES string of the molecule is COc1ccc(F)c(-c2oncc2C(=O)NC(Cc2ccccc2)C(=O)C(N)=O)c1. The monoisotopic (exact) mass is 411 g/mol. The molecule has 1 atom stereocenters. The lowest BCUT2D eigenvalue weighted by Crippen LogP contribution is -2.47. The number of nitrogens with two attached hydrogens (primary N) is 1. The van der Waals surface area contributed by atoms with Crippen LogP contribution in [0.1, 0.15) is 15.9 Å². The Morgan fingerprint density at radius 2 is 1.93 bits per heavy atom. The highest BCUT2D eigenvalue weighted by atomic mass is 19.1. The number of hydrogen-bond donors (Lipinski definition) is 2. The lowest BCUT2D eigenvalue weighted by Gasteiger charge is -2.16. The molecule has 2 amide bonds. The van der Waals surface area contributed by atoms with Gasteiger partial charge in [0.15, 0.2) is 5.76 Å². The van der Waals surface area contributed by atoms with Crippen molar-refractivity contribution in [2.75, 3.05) is 7.11 Å². The van der Waals surface area contributed by atoms with Gasteiger partial charge in [0.05, 0.1) is 18.9 Å². The molecule has 0 saturated heterocycles. The van der Waals surface area contributed by atoms with E-state index >= 15 is 0 Å². The van der Waals surface area contributed by atoms with E-state index in [1.54, 1.807) is 30.3 Å². The zero-order valence-electron chi connectivity index (χ0n) is 15.9. The maximum atomic E-state index is 14.3. The highest BCUT2D eigenvalue weighted by Crippen LogP contribution is 2.29. The summed E-state index contributed by atoms with van der Waals surface area (Å²) in [5.41, 5.74) is 5.68. The molecule has 1 heterocycles. The van der Waals surface area contributed by atoms with Gasteiger partial charge < -0.3 is 20.3 Å². The van der Waals surface area contributed by atoms with Gasteiger partial charge in [-0.1, -0.05) is 35.5 Å². The molecule has 0 aliphatic rings. The minimum absolute atomic E-state index is 0.0437. The highest BCUT2D eigenvalue weighted by Gasteiger charge is 2.28.